The van der Waals surface area contributed by atoms with Crippen molar-refractivity contribution in [3.63, 3.8) is 0 Å². The Morgan fingerprint density at radius 1 is 1.32 bits per heavy atom. The Kier molecular flexibility index (Phi) is 4.95. The number of nitrogens with zero attached hydrogens (tertiary/aromatic N) is 3. The maximum absolute atomic E-state index is 12.0. The van der Waals surface area contributed by atoms with E-state index in [-0.39, 0.29) is 28.5 Å². The topological polar surface area (TPSA) is 150 Å². The molecule has 2 atom stereocenters. The van der Waals surface area contributed by atoms with Crippen LogP contribution in [0.5, 0.6) is 11.5 Å². The number of nitrogens with two attached hydrogens (primary N) is 1. The van der Waals surface area contributed by atoms with E-state index in [9.17, 15) is 24.9 Å². The smallest absolute Gasteiger partial charge is 0.352 e. The zero-order valence-electron chi connectivity index (χ0n) is 14.1. The molecule has 0 radical (unpaired) electrons. The van der Waals surface area contributed by atoms with Gasteiger partial charge < -0.3 is 21.1 Å². The first-order chi connectivity index (χ1) is 13.4. The molecule has 2 aliphatic heterocycles. The molecule has 146 valence electrons. The molecule has 4 rings (SSSR count). The number of phenolic OH excluding ortho intramolecular Hbond substituents is 2. The molecule has 12 heteroatoms. The summed E-state index contributed by atoms with van der Waals surface area (Å²) < 4.78 is 0.624. The van der Waals surface area contributed by atoms with Gasteiger partial charge in [-0.15, -0.1) is 22.0 Å². The van der Waals surface area contributed by atoms with E-state index < -0.39 is 12.0 Å². The number of thioether (sulfide) groups is 2. The molecule has 2 aliphatic rings. The molecule has 1 aromatic heterocycles. The normalized spacial score (nSPS) is 21.5. The van der Waals surface area contributed by atoms with Gasteiger partial charge in [0.15, 0.2) is 15.8 Å². The fourth-order valence-electron chi connectivity index (χ4n) is 2.88. The average Bonchev–Trinajstić information content (AvgIpc) is 3.16. The number of carboxylic acids is 1. The molecule has 1 aromatic carbocycles. The highest BCUT2D eigenvalue weighted by molar-refractivity contribution is 8.01. The molecule has 28 heavy (non-hydrogen) atoms. The number of carbonyl (C=O) groups is 2. The molecule has 1 fully saturated rings. The molecule has 1 unspecified atom stereocenters. The lowest BCUT2D eigenvalue weighted by molar-refractivity contribution is -0.147. The van der Waals surface area contributed by atoms with Crippen molar-refractivity contribution in [2.75, 3.05) is 11.5 Å². The molecule has 1 saturated heterocycles. The van der Waals surface area contributed by atoms with E-state index in [1.807, 2.05) is 0 Å². The van der Waals surface area contributed by atoms with Crippen LogP contribution in [0.15, 0.2) is 33.8 Å². The van der Waals surface area contributed by atoms with Crippen molar-refractivity contribution in [1.29, 1.82) is 0 Å². The Morgan fingerprint density at radius 3 is 2.82 bits per heavy atom. The average molecular weight is 439 g/mol. The lowest BCUT2D eigenvalue weighted by atomic mass is 10.0. The fourth-order valence-corrected chi connectivity index (χ4v) is 6.16. The van der Waals surface area contributed by atoms with Crippen molar-refractivity contribution in [2.24, 2.45) is 5.73 Å². The number of aromatic nitrogens is 2. The van der Waals surface area contributed by atoms with Crippen molar-refractivity contribution in [1.82, 2.24) is 15.1 Å². The number of phenols is 2. The van der Waals surface area contributed by atoms with Crippen molar-refractivity contribution in [3.8, 4) is 22.1 Å². The molecule has 0 aliphatic carbocycles. The van der Waals surface area contributed by atoms with Crippen molar-refractivity contribution in [2.45, 2.75) is 15.8 Å². The number of fused-ring (bicyclic) bond motifs is 1. The second-order valence-corrected chi connectivity index (χ2v) is 9.36. The number of aliphatic carboxylic acids is 1. The van der Waals surface area contributed by atoms with Gasteiger partial charge in [-0.05, 0) is 23.8 Å². The van der Waals surface area contributed by atoms with Crippen molar-refractivity contribution < 1.29 is 24.9 Å². The highest BCUT2D eigenvalue weighted by Gasteiger charge is 2.51. The van der Waals surface area contributed by atoms with Gasteiger partial charge >= 0.3 is 5.97 Å². The van der Waals surface area contributed by atoms with E-state index in [0.29, 0.717) is 32.0 Å². The van der Waals surface area contributed by atoms with Gasteiger partial charge in [0.2, 0.25) is 5.91 Å². The minimum absolute atomic E-state index is 0.0103. The van der Waals surface area contributed by atoms with Crippen LogP contribution in [0.3, 0.4) is 0 Å². The first-order valence-electron chi connectivity index (χ1n) is 8.01. The number of hydrogen-bond acceptors (Lipinski definition) is 10. The lowest BCUT2D eigenvalue weighted by Crippen LogP contribution is -2.68. The SMILES string of the molecule is NC1C(=O)N2C(C(=O)O)=C(CSc3nnc(-c4ccc(O)c(O)c4)s3)CS[C@@H]12. The number of carboxylic acid groups (broad SMARTS) is 1. The van der Waals surface area contributed by atoms with Gasteiger partial charge in [-0.25, -0.2) is 4.79 Å². The minimum Gasteiger partial charge on any atom is -0.504 e. The fraction of sp³-hybridized carbons (Fsp3) is 0.250. The van der Waals surface area contributed by atoms with Crippen LogP contribution in [-0.2, 0) is 9.59 Å². The standard InChI is InChI=1S/C16H14N4O5S3/c17-10-13(23)20-11(15(24)25)7(4-26-14(10)20)5-27-16-19-18-12(28-16)6-1-2-8(21)9(22)3-6/h1-3,10,14,21-22H,4-5,17H2,(H,24,25)/t10?,14-/m0/s1. The minimum atomic E-state index is -1.14. The maximum atomic E-state index is 12.0. The molecule has 9 nitrogen and oxygen atoms in total. The summed E-state index contributed by atoms with van der Waals surface area (Å²) in [4.78, 5) is 24.9. The van der Waals surface area contributed by atoms with Crippen LogP contribution in [0, 0.1) is 0 Å². The molecular weight excluding hydrogens is 424 g/mol. The first-order valence-corrected chi connectivity index (χ1v) is 10.9. The summed E-state index contributed by atoms with van der Waals surface area (Å²) in [7, 11) is 0. The number of carbonyl (C=O) groups excluding carboxylic acids is 1. The monoisotopic (exact) mass is 438 g/mol. The third-order valence-electron chi connectivity index (χ3n) is 4.29. The van der Waals surface area contributed by atoms with E-state index in [1.165, 1.54) is 51.9 Å². The van der Waals surface area contributed by atoms with Crippen LogP contribution in [0.1, 0.15) is 0 Å². The number of rotatable bonds is 5. The van der Waals surface area contributed by atoms with Gasteiger partial charge in [0.1, 0.15) is 22.1 Å². The first kappa shape index (κ1) is 19.1. The second kappa shape index (κ2) is 7.28. The Labute approximate surface area is 171 Å². The van der Waals surface area contributed by atoms with Crippen LogP contribution >= 0.6 is 34.9 Å². The second-order valence-electron chi connectivity index (χ2n) is 6.06. The molecule has 2 aromatic rings. The largest absolute Gasteiger partial charge is 0.504 e. The number of amides is 1. The number of hydrogen-bond donors (Lipinski definition) is 4. The lowest BCUT2D eigenvalue weighted by Gasteiger charge is -2.48. The molecule has 1 amide bonds. The highest BCUT2D eigenvalue weighted by atomic mass is 32.2. The zero-order valence-corrected chi connectivity index (χ0v) is 16.6. The van der Waals surface area contributed by atoms with Gasteiger partial charge in [-0.2, -0.15) is 0 Å². The summed E-state index contributed by atoms with van der Waals surface area (Å²) in [6, 6.07) is 3.73. The van der Waals surface area contributed by atoms with E-state index in [1.54, 1.807) is 6.07 Å². The van der Waals surface area contributed by atoms with E-state index in [2.05, 4.69) is 10.2 Å². The molecule has 3 heterocycles. The van der Waals surface area contributed by atoms with Crippen LogP contribution in [0.2, 0.25) is 0 Å². The van der Waals surface area contributed by atoms with Crippen molar-refractivity contribution >= 4 is 46.7 Å². The summed E-state index contributed by atoms with van der Waals surface area (Å²) >= 11 is 4.07. The Morgan fingerprint density at radius 2 is 2.11 bits per heavy atom. The predicted octanol–water partition coefficient (Wildman–Crippen LogP) is 1.29. The summed E-state index contributed by atoms with van der Waals surface area (Å²) in [5, 5.41) is 37.0. The summed E-state index contributed by atoms with van der Waals surface area (Å²) in [6.45, 7) is 0. The Hall–Kier alpha value is -2.28. The quantitative estimate of drug-likeness (QED) is 0.305. The zero-order chi connectivity index (χ0) is 20.0. The van der Waals surface area contributed by atoms with E-state index in [0.717, 1.165) is 0 Å². The molecule has 0 saturated carbocycles. The molecule has 0 spiro atoms. The van der Waals surface area contributed by atoms with Crippen molar-refractivity contribution in [3.05, 3.63) is 29.5 Å². The summed E-state index contributed by atoms with van der Waals surface area (Å²) in [5.41, 5.74) is 7.00. The number of aromatic hydroxyl groups is 2. The number of β-lactam (4-membered cyclic amide) rings is 1. The maximum Gasteiger partial charge on any atom is 0.352 e. The third kappa shape index (κ3) is 3.21. The van der Waals surface area contributed by atoms with E-state index in [4.69, 9.17) is 5.73 Å². The van der Waals surface area contributed by atoms with Gasteiger partial charge in [-0.3, -0.25) is 9.69 Å². The predicted molar refractivity (Wildman–Crippen MR) is 105 cm³/mol. The number of benzene rings is 1. The van der Waals surface area contributed by atoms with Crippen LogP contribution in [-0.4, -0.2) is 65.2 Å². The van der Waals surface area contributed by atoms with Crippen LogP contribution < -0.4 is 5.73 Å². The summed E-state index contributed by atoms with van der Waals surface area (Å²) in [6.07, 6.45) is 0. The Bertz CT molecular complexity index is 1010. The van der Waals surface area contributed by atoms with Gasteiger partial charge in [-0.1, -0.05) is 23.1 Å². The molecular formula is C16H14N4O5S3. The van der Waals surface area contributed by atoms with Gasteiger partial charge in [0.05, 0.1) is 0 Å². The Balaban J connectivity index is 1.51. The molecule has 0 bridgehead atoms. The summed E-state index contributed by atoms with van der Waals surface area (Å²) in [5.74, 6) is -1.14. The third-order valence-corrected chi connectivity index (χ3v) is 7.84. The van der Waals surface area contributed by atoms with Gasteiger partial charge in [0, 0.05) is 17.1 Å². The molecule has 5 N–H and O–H groups in total. The van der Waals surface area contributed by atoms with Gasteiger partial charge in [0.25, 0.3) is 0 Å². The van der Waals surface area contributed by atoms with Crippen LogP contribution in [0.25, 0.3) is 10.6 Å². The van der Waals surface area contributed by atoms with Crippen LogP contribution in [0.4, 0.5) is 0 Å². The van der Waals surface area contributed by atoms with E-state index >= 15 is 0 Å². The highest BCUT2D eigenvalue weighted by Crippen LogP contribution is 2.41.